The molecule has 1 aromatic heterocycles. The SMILES string of the molecule is Cc1ccc(-n2nc(CC(C)C)c(C=O)c2Cl)cc1. The van der Waals surface area contributed by atoms with Crippen LogP contribution >= 0.6 is 11.6 Å². The Morgan fingerprint density at radius 2 is 1.95 bits per heavy atom. The van der Waals surface area contributed by atoms with Gasteiger partial charge < -0.3 is 0 Å². The highest BCUT2D eigenvalue weighted by Gasteiger charge is 2.17. The van der Waals surface area contributed by atoms with Crippen LogP contribution in [0.1, 0.15) is 35.5 Å². The summed E-state index contributed by atoms with van der Waals surface area (Å²) in [6.45, 7) is 6.20. The molecule has 0 atom stereocenters. The third kappa shape index (κ3) is 2.87. The Kier molecular flexibility index (Phi) is 4.05. The Balaban J connectivity index is 2.49. The third-order valence-electron chi connectivity index (χ3n) is 2.94. The van der Waals surface area contributed by atoms with E-state index in [0.29, 0.717) is 16.6 Å². The van der Waals surface area contributed by atoms with Crippen molar-refractivity contribution in [3.05, 3.63) is 46.2 Å². The zero-order valence-corrected chi connectivity index (χ0v) is 12.1. The highest BCUT2D eigenvalue weighted by Crippen LogP contribution is 2.24. The minimum Gasteiger partial charge on any atom is -0.298 e. The van der Waals surface area contributed by atoms with Crippen LogP contribution in [-0.2, 0) is 6.42 Å². The number of hydrogen-bond acceptors (Lipinski definition) is 2. The van der Waals surface area contributed by atoms with E-state index in [2.05, 4.69) is 18.9 Å². The molecule has 0 fully saturated rings. The van der Waals surface area contributed by atoms with E-state index >= 15 is 0 Å². The van der Waals surface area contributed by atoms with Crippen LogP contribution in [0.15, 0.2) is 24.3 Å². The zero-order valence-electron chi connectivity index (χ0n) is 11.4. The quantitative estimate of drug-likeness (QED) is 0.795. The summed E-state index contributed by atoms with van der Waals surface area (Å²) in [6.07, 6.45) is 1.53. The third-order valence-corrected chi connectivity index (χ3v) is 3.30. The van der Waals surface area contributed by atoms with Crippen LogP contribution in [0.5, 0.6) is 0 Å². The van der Waals surface area contributed by atoms with Gasteiger partial charge in [-0.25, -0.2) is 4.68 Å². The average molecular weight is 277 g/mol. The number of halogens is 1. The number of aromatic nitrogens is 2. The van der Waals surface area contributed by atoms with Crippen molar-refractivity contribution in [3.8, 4) is 5.69 Å². The molecule has 2 aromatic rings. The standard InChI is InChI=1S/C15H17ClN2O/c1-10(2)8-14-13(9-19)15(16)18(17-14)12-6-4-11(3)5-7-12/h4-7,9-10H,8H2,1-3H3. The maximum atomic E-state index is 11.2. The molecule has 0 radical (unpaired) electrons. The van der Waals surface area contributed by atoms with Gasteiger partial charge in [-0.05, 0) is 31.4 Å². The normalized spacial score (nSPS) is 11.0. The Bertz CT molecular complexity index is 585. The maximum Gasteiger partial charge on any atom is 0.155 e. The molecule has 19 heavy (non-hydrogen) atoms. The van der Waals surface area contributed by atoms with Gasteiger partial charge in [0.15, 0.2) is 6.29 Å². The van der Waals surface area contributed by atoms with Crippen LogP contribution in [0.3, 0.4) is 0 Å². The Hall–Kier alpha value is -1.61. The fourth-order valence-electron chi connectivity index (χ4n) is 1.96. The van der Waals surface area contributed by atoms with Gasteiger partial charge in [-0.3, -0.25) is 4.79 Å². The fourth-order valence-corrected chi connectivity index (χ4v) is 2.25. The van der Waals surface area contributed by atoms with Crippen molar-refractivity contribution in [2.75, 3.05) is 0 Å². The second-order valence-electron chi connectivity index (χ2n) is 5.11. The molecular formula is C15H17ClN2O. The van der Waals surface area contributed by atoms with Gasteiger partial charge in [-0.2, -0.15) is 5.10 Å². The molecule has 0 amide bonds. The molecule has 1 heterocycles. The van der Waals surface area contributed by atoms with Crippen LogP contribution in [0.25, 0.3) is 5.69 Å². The predicted molar refractivity (Wildman–Crippen MR) is 77.2 cm³/mol. The van der Waals surface area contributed by atoms with E-state index in [4.69, 9.17) is 11.6 Å². The lowest BCUT2D eigenvalue weighted by Gasteiger charge is -2.03. The van der Waals surface area contributed by atoms with Crippen LogP contribution in [0, 0.1) is 12.8 Å². The Labute approximate surface area is 118 Å². The van der Waals surface area contributed by atoms with Gasteiger partial charge in [0.1, 0.15) is 5.15 Å². The smallest absolute Gasteiger partial charge is 0.155 e. The molecule has 3 nitrogen and oxygen atoms in total. The molecule has 0 N–H and O–H groups in total. The van der Waals surface area contributed by atoms with E-state index in [1.165, 1.54) is 5.56 Å². The fraction of sp³-hybridized carbons (Fsp3) is 0.333. The summed E-state index contributed by atoms with van der Waals surface area (Å²) in [5, 5.41) is 4.86. The summed E-state index contributed by atoms with van der Waals surface area (Å²) in [7, 11) is 0. The molecule has 1 aromatic carbocycles. The first-order chi connectivity index (χ1) is 9.02. The summed E-state index contributed by atoms with van der Waals surface area (Å²) in [5.41, 5.74) is 3.30. The van der Waals surface area contributed by atoms with Crippen molar-refractivity contribution in [3.63, 3.8) is 0 Å². The molecule has 0 aliphatic rings. The van der Waals surface area contributed by atoms with Crippen molar-refractivity contribution in [1.82, 2.24) is 9.78 Å². The van der Waals surface area contributed by atoms with Crippen molar-refractivity contribution in [2.24, 2.45) is 5.92 Å². The van der Waals surface area contributed by atoms with E-state index in [-0.39, 0.29) is 0 Å². The van der Waals surface area contributed by atoms with Crippen molar-refractivity contribution < 1.29 is 4.79 Å². The first-order valence-corrected chi connectivity index (χ1v) is 6.70. The number of nitrogens with zero attached hydrogens (tertiary/aromatic N) is 2. The monoisotopic (exact) mass is 276 g/mol. The first kappa shape index (κ1) is 13.8. The lowest BCUT2D eigenvalue weighted by atomic mass is 10.1. The van der Waals surface area contributed by atoms with Crippen molar-refractivity contribution >= 4 is 17.9 Å². The number of hydrogen-bond donors (Lipinski definition) is 0. The summed E-state index contributed by atoms with van der Waals surface area (Å²) in [4.78, 5) is 11.2. The number of rotatable bonds is 4. The Morgan fingerprint density at radius 3 is 2.47 bits per heavy atom. The van der Waals surface area contributed by atoms with Gasteiger partial charge >= 0.3 is 0 Å². The molecule has 100 valence electrons. The van der Waals surface area contributed by atoms with Gasteiger partial charge in [-0.1, -0.05) is 43.1 Å². The molecule has 0 aliphatic heterocycles. The predicted octanol–water partition coefficient (Wildman–Crippen LogP) is 3.85. The highest BCUT2D eigenvalue weighted by molar-refractivity contribution is 6.32. The van der Waals surface area contributed by atoms with Crippen LogP contribution in [0.2, 0.25) is 5.15 Å². The number of aldehydes is 1. The number of benzene rings is 1. The van der Waals surface area contributed by atoms with Crippen LogP contribution < -0.4 is 0 Å². The molecule has 0 unspecified atom stereocenters. The molecule has 0 bridgehead atoms. The molecule has 2 rings (SSSR count). The summed E-state index contributed by atoms with van der Waals surface area (Å²) in [6, 6.07) is 7.88. The van der Waals surface area contributed by atoms with E-state index in [1.54, 1.807) is 4.68 Å². The molecule has 0 spiro atoms. The topological polar surface area (TPSA) is 34.9 Å². The van der Waals surface area contributed by atoms with Gasteiger partial charge in [-0.15, -0.1) is 0 Å². The van der Waals surface area contributed by atoms with E-state index in [1.807, 2.05) is 31.2 Å². The second-order valence-corrected chi connectivity index (χ2v) is 5.47. The largest absolute Gasteiger partial charge is 0.298 e. The summed E-state index contributed by atoms with van der Waals surface area (Å²) >= 11 is 6.26. The van der Waals surface area contributed by atoms with E-state index in [0.717, 1.165) is 24.1 Å². The number of aryl methyl sites for hydroxylation is 1. The maximum absolute atomic E-state index is 11.2. The van der Waals surface area contributed by atoms with Gasteiger partial charge in [0.05, 0.1) is 16.9 Å². The van der Waals surface area contributed by atoms with Crippen molar-refractivity contribution in [1.29, 1.82) is 0 Å². The molecule has 4 heteroatoms. The molecule has 0 saturated heterocycles. The minimum absolute atomic E-state index is 0.384. The van der Waals surface area contributed by atoms with Crippen LogP contribution in [0.4, 0.5) is 0 Å². The van der Waals surface area contributed by atoms with E-state index < -0.39 is 0 Å². The summed E-state index contributed by atoms with van der Waals surface area (Å²) < 4.78 is 1.63. The van der Waals surface area contributed by atoms with Gasteiger partial charge in [0.2, 0.25) is 0 Å². The highest BCUT2D eigenvalue weighted by atomic mass is 35.5. The number of carbonyl (C=O) groups excluding carboxylic acids is 1. The summed E-state index contributed by atoms with van der Waals surface area (Å²) in [5.74, 6) is 0.427. The first-order valence-electron chi connectivity index (χ1n) is 6.32. The van der Waals surface area contributed by atoms with Crippen molar-refractivity contribution in [2.45, 2.75) is 27.2 Å². The Morgan fingerprint density at radius 1 is 1.32 bits per heavy atom. The molecule has 0 aliphatic carbocycles. The minimum atomic E-state index is 0.384. The van der Waals surface area contributed by atoms with Gasteiger partial charge in [0.25, 0.3) is 0 Å². The lowest BCUT2D eigenvalue weighted by molar-refractivity contribution is 0.112. The van der Waals surface area contributed by atoms with E-state index in [9.17, 15) is 4.79 Å². The lowest BCUT2D eigenvalue weighted by Crippen LogP contribution is -2.00. The van der Waals surface area contributed by atoms with Gasteiger partial charge in [0, 0.05) is 0 Å². The number of carbonyl (C=O) groups is 1. The second kappa shape index (κ2) is 5.57. The molecular weight excluding hydrogens is 260 g/mol. The molecule has 0 saturated carbocycles. The average Bonchev–Trinajstić information content (AvgIpc) is 2.66. The zero-order chi connectivity index (χ0) is 14.0. The van der Waals surface area contributed by atoms with Crippen LogP contribution in [-0.4, -0.2) is 16.1 Å².